The highest BCUT2D eigenvalue weighted by atomic mass is 31.2. The molecule has 1 saturated carbocycles. The molecule has 0 spiro atoms. The van der Waals surface area contributed by atoms with Crippen molar-refractivity contribution in [3.8, 4) is 0 Å². The number of hydrogen-bond acceptors (Lipinski definition) is 36. The van der Waals surface area contributed by atoms with Crippen LogP contribution in [0.4, 0.5) is 0 Å². The van der Waals surface area contributed by atoms with Crippen molar-refractivity contribution in [2.75, 3.05) is 54.3 Å². The lowest BCUT2D eigenvalue weighted by Gasteiger charge is -2.49. The molecule has 0 heterocycles. The zero-order valence-corrected chi connectivity index (χ0v) is 52.7. The second-order valence-corrected chi connectivity index (χ2v) is 22.9. The Hall–Kier alpha value is -4.86. The average Bonchev–Trinajstić information content (AvgIpc) is 1.18. The fourth-order valence-corrected chi connectivity index (χ4v) is 10.1. The third-order valence-corrected chi connectivity index (χ3v) is 15.5. The molecule has 40 heteroatoms. The monoisotopic (exact) mass is 1330 g/mol. The first-order valence-corrected chi connectivity index (χ1v) is 32.5. The van der Waals surface area contributed by atoms with Crippen molar-refractivity contribution < 1.29 is 168 Å². The maximum absolute atomic E-state index is 15.2. The Balaban J connectivity index is 5.09. The van der Waals surface area contributed by atoms with Crippen LogP contribution in [0.1, 0.15) is 146 Å². The number of carbonyl (C=O) groups excluding carboxylic acids is 10. The van der Waals surface area contributed by atoms with Gasteiger partial charge in [-0.15, -0.1) is 0 Å². The van der Waals surface area contributed by atoms with Crippen molar-refractivity contribution in [3.05, 3.63) is 0 Å². The number of hydrogen-bond donors (Lipinski definition) is 0. The minimum Gasteiger partial charge on any atom is -0.457 e. The van der Waals surface area contributed by atoms with Crippen LogP contribution in [0.2, 0.25) is 0 Å². The van der Waals surface area contributed by atoms with Gasteiger partial charge in [0.2, 0.25) is 54.3 Å². The second-order valence-electron chi connectivity index (χ2n) is 16.4. The number of ether oxygens (including phenoxy) is 10. The van der Waals surface area contributed by atoms with Crippen molar-refractivity contribution in [2.45, 2.75) is 183 Å². The number of rotatable bonds is 46. The minimum absolute atomic E-state index is 0.0833. The van der Waals surface area contributed by atoms with Crippen LogP contribution in [-0.2, 0) is 168 Å². The van der Waals surface area contributed by atoms with Crippen molar-refractivity contribution in [2.24, 2.45) is 0 Å². The molecule has 0 radical (unpaired) electrons. The molecule has 36 nitrogen and oxygen atoms in total. The van der Waals surface area contributed by atoms with Crippen LogP contribution in [0.15, 0.2) is 0 Å². The van der Waals surface area contributed by atoms with Crippen LogP contribution in [0.5, 0.6) is 0 Å². The van der Waals surface area contributed by atoms with E-state index < -0.39 is 195 Å². The summed E-state index contributed by atoms with van der Waals surface area (Å²) < 4.78 is 178. The molecule has 0 aromatic carbocycles. The van der Waals surface area contributed by atoms with E-state index in [4.69, 9.17) is 102 Å². The van der Waals surface area contributed by atoms with Gasteiger partial charge in [0.15, 0.2) is 12.2 Å². The van der Waals surface area contributed by atoms with Gasteiger partial charge in [-0.3, -0.25) is 66.0 Å². The van der Waals surface area contributed by atoms with Gasteiger partial charge < -0.3 is 47.4 Å². The molecular formula is C46H76O36P4. The molecule has 1 rings (SSSR count). The van der Waals surface area contributed by atoms with Crippen LogP contribution >= 0.6 is 31.3 Å². The molecular weight excluding hydrogens is 1250 g/mol. The van der Waals surface area contributed by atoms with Crippen LogP contribution in [-0.4, -0.2) is 151 Å². The van der Waals surface area contributed by atoms with E-state index in [2.05, 4.69) is 0 Å². The van der Waals surface area contributed by atoms with Crippen LogP contribution in [0.25, 0.3) is 0 Å². The molecule has 1 aliphatic carbocycles. The van der Waals surface area contributed by atoms with E-state index in [-0.39, 0.29) is 64.2 Å². The van der Waals surface area contributed by atoms with E-state index in [9.17, 15) is 47.9 Å². The molecule has 0 aliphatic heterocycles. The van der Waals surface area contributed by atoms with Crippen LogP contribution in [0, 0.1) is 0 Å². The number of phosphoric ester groups is 4. The Morgan fingerprint density at radius 1 is 0.244 bits per heavy atom. The summed E-state index contributed by atoms with van der Waals surface area (Å²) in [5.74, 6) is -10.8. The molecule has 496 valence electrons. The van der Waals surface area contributed by atoms with Gasteiger partial charge in [-0.05, 0) is 12.8 Å². The van der Waals surface area contributed by atoms with Gasteiger partial charge >= 0.3 is 91.0 Å². The van der Waals surface area contributed by atoms with Gasteiger partial charge in [0.1, 0.15) is 24.4 Å². The Bertz CT molecular complexity index is 1980. The van der Waals surface area contributed by atoms with E-state index in [0.29, 0.717) is 0 Å². The molecule has 0 bridgehead atoms. The van der Waals surface area contributed by atoms with E-state index in [1.165, 1.54) is 69.2 Å². The smallest absolute Gasteiger partial charge is 0.457 e. The largest absolute Gasteiger partial charge is 0.481 e. The summed E-state index contributed by atoms with van der Waals surface area (Å²) >= 11 is 0. The minimum atomic E-state index is -5.85. The predicted molar refractivity (Wildman–Crippen MR) is 278 cm³/mol. The highest BCUT2D eigenvalue weighted by molar-refractivity contribution is 7.49. The summed E-state index contributed by atoms with van der Waals surface area (Å²) in [4.78, 5) is 127. The standard InChI is InChI=1S/C46H76O36P4/c1-11-21-39(55)77-41-43(79-83(57,69-23-61-31(47)13-3)70-24-62-32(48)14-4)45(81-85(59,73-27-65-35(51)17-7)74-28-66-36(52)18-8)42(78-40(56)22-12-2)46(82-86(60,75-29-67-37(53)19-9)76-30-68-38(54)20-10)44(41)80-84(58,71-25-63-33(49)15-5)72-26-64-34(50)16-6/h41-46H,11-30H2,1-10H3/t41?,42?,43-,44-,45-,46+/m1/s1. The summed E-state index contributed by atoms with van der Waals surface area (Å²) in [6.45, 7) is 2.66. The Labute approximate surface area is 494 Å². The van der Waals surface area contributed by atoms with Crippen molar-refractivity contribution in [1.29, 1.82) is 0 Å². The first-order chi connectivity index (χ1) is 40.7. The maximum atomic E-state index is 15.2. The van der Waals surface area contributed by atoms with E-state index >= 15 is 18.3 Å². The highest BCUT2D eigenvalue weighted by Gasteiger charge is 2.64. The summed E-state index contributed by atoms with van der Waals surface area (Å²) in [7, 11) is -23.4. The normalized spacial score (nSPS) is 17.9. The predicted octanol–water partition coefficient (Wildman–Crippen LogP) is 6.82. The van der Waals surface area contributed by atoms with Crippen LogP contribution in [0.3, 0.4) is 0 Å². The number of carbonyl (C=O) groups is 10. The lowest BCUT2D eigenvalue weighted by Crippen LogP contribution is -2.67. The zero-order valence-electron chi connectivity index (χ0n) is 49.1. The molecule has 0 saturated heterocycles. The van der Waals surface area contributed by atoms with Gasteiger partial charge in [0, 0.05) is 64.2 Å². The molecule has 86 heavy (non-hydrogen) atoms. The first-order valence-electron chi connectivity index (χ1n) is 26.6. The lowest BCUT2D eigenvalue weighted by molar-refractivity contribution is -0.236. The molecule has 2 unspecified atom stereocenters. The number of esters is 10. The molecule has 0 amide bonds. The summed E-state index contributed by atoms with van der Waals surface area (Å²) in [6.07, 6.45) is -21.1. The first kappa shape index (κ1) is 79.2. The summed E-state index contributed by atoms with van der Waals surface area (Å²) in [6, 6.07) is 0. The lowest BCUT2D eigenvalue weighted by atomic mass is 9.84. The summed E-state index contributed by atoms with van der Waals surface area (Å²) in [5, 5.41) is 0. The highest BCUT2D eigenvalue weighted by Crippen LogP contribution is 2.61. The van der Waals surface area contributed by atoms with Crippen molar-refractivity contribution >= 4 is 91.0 Å². The quantitative estimate of drug-likeness (QED) is 0.0261. The van der Waals surface area contributed by atoms with Crippen molar-refractivity contribution in [3.63, 3.8) is 0 Å². The second kappa shape index (κ2) is 42.1. The topological polar surface area (TPSA) is 442 Å². The fourth-order valence-electron chi connectivity index (χ4n) is 5.76. The van der Waals surface area contributed by atoms with E-state index in [1.807, 2.05) is 0 Å². The van der Waals surface area contributed by atoms with Crippen molar-refractivity contribution in [1.82, 2.24) is 0 Å². The van der Waals surface area contributed by atoms with Gasteiger partial charge in [0.25, 0.3) is 0 Å². The Morgan fingerprint density at radius 3 is 0.523 bits per heavy atom. The zero-order chi connectivity index (χ0) is 64.9. The van der Waals surface area contributed by atoms with Gasteiger partial charge in [-0.25, -0.2) is 54.5 Å². The van der Waals surface area contributed by atoms with Gasteiger partial charge in [-0.1, -0.05) is 69.2 Å². The number of phosphoric acid groups is 4. The Kier molecular flexibility index (Phi) is 38.8. The molecule has 1 aliphatic rings. The van der Waals surface area contributed by atoms with Crippen LogP contribution < -0.4 is 0 Å². The third kappa shape index (κ3) is 30.9. The molecule has 0 aromatic heterocycles. The molecule has 1 fully saturated rings. The summed E-state index contributed by atoms with van der Waals surface area (Å²) in [5.41, 5.74) is 0. The third-order valence-electron chi connectivity index (χ3n) is 10.1. The Morgan fingerprint density at radius 2 is 0.395 bits per heavy atom. The van der Waals surface area contributed by atoms with E-state index in [1.54, 1.807) is 0 Å². The average molecular weight is 1330 g/mol. The fraction of sp³-hybridized carbons (Fsp3) is 0.783. The van der Waals surface area contributed by atoms with Gasteiger partial charge in [-0.2, -0.15) is 0 Å². The van der Waals surface area contributed by atoms with Gasteiger partial charge in [0.05, 0.1) is 0 Å². The molecule has 6 atom stereocenters. The molecule has 0 aromatic rings. The maximum Gasteiger partial charge on any atom is 0.481 e. The SMILES string of the molecule is CCCC(=O)OC1[C@@H](OP(=O)(OCOC(=O)CC)OCOC(=O)CC)[C@H](OP(=O)(OCOC(=O)CC)OCOC(=O)CC)C(OC(=O)CCC)[C@H](OP(=O)(OCOC(=O)CC)OCOC(=O)CC)[C@@H]1OP(=O)(OCOC(=O)CC)OCOC(=O)CC. The van der Waals surface area contributed by atoms with E-state index in [0.717, 1.165) is 0 Å². The molecule has 0 N–H and O–H groups in total.